The van der Waals surface area contributed by atoms with Crippen molar-refractivity contribution in [2.45, 2.75) is 33.1 Å². The summed E-state index contributed by atoms with van der Waals surface area (Å²) in [5.41, 5.74) is 3.03. The first-order valence-corrected chi connectivity index (χ1v) is 8.66. The highest BCUT2D eigenvalue weighted by atomic mass is 16.2. The smallest absolute Gasteiger partial charge is 0.224 e. The van der Waals surface area contributed by atoms with Gasteiger partial charge in [-0.2, -0.15) is 0 Å². The van der Waals surface area contributed by atoms with Gasteiger partial charge in [0, 0.05) is 25.7 Å². The van der Waals surface area contributed by atoms with Gasteiger partial charge < -0.3 is 10.2 Å². The second-order valence-corrected chi connectivity index (χ2v) is 6.40. The first kappa shape index (κ1) is 18.7. The van der Waals surface area contributed by atoms with E-state index in [1.807, 2.05) is 54.6 Å². The summed E-state index contributed by atoms with van der Waals surface area (Å²) in [7, 11) is 0. The molecule has 0 bridgehead atoms. The van der Waals surface area contributed by atoms with Crippen LogP contribution in [0.15, 0.2) is 54.6 Å². The monoisotopic (exact) mass is 338 g/mol. The predicted octanol–water partition coefficient (Wildman–Crippen LogP) is 3.52. The van der Waals surface area contributed by atoms with Crippen LogP contribution in [0.5, 0.6) is 0 Å². The summed E-state index contributed by atoms with van der Waals surface area (Å²) in [4.78, 5) is 25.9. The van der Waals surface area contributed by atoms with E-state index in [0.29, 0.717) is 25.4 Å². The average Bonchev–Trinajstić information content (AvgIpc) is 2.59. The van der Waals surface area contributed by atoms with Crippen molar-refractivity contribution in [3.63, 3.8) is 0 Å². The van der Waals surface area contributed by atoms with Crippen LogP contribution >= 0.6 is 0 Å². The number of para-hydroxylation sites is 1. The number of benzene rings is 2. The van der Waals surface area contributed by atoms with Gasteiger partial charge in [0.05, 0.1) is 6.42 Å². The number of nitrogens with zero attached hydrogens (tertiary/aromatic N) is 1. The molecule has 0 aromatic heterocycles. The molecule has 4 heteroatoms. The Hall–Kier alpha value is -2.62. The minimum absolute atomic E-state index is 0.0228. The minimum atomic E-state index is -0.0353. The molecule has 0 fully saturated rings. The number of hydrogen-bond donors (Lipinski definition) is 1. The maximum absolute atomic E-state index is 12.1. The van der Waals surface area contributed by atoms with Gasteiger partial charge in [0.2, 0.25) is 11.8 Å². The van der Waals surface area contributed by atoms with Crippen molar-refractivity contribution in [1.29, 1.82) is 0 Å². The van der Waals surface area contributed by atoms with Gasteiger partial charge in [-0.15, -0.1) is 0 Å². The molecule has 2 aromatic carbocycles. The van der Waals surface area contributed by atoms with E-state index in [2.05, 4.69) is 19.2 Å². The predicted molar refractivity (Wildman–Crippen MR) is 102 cm³/mol. The van der Waals surface area contributed by atoms with Crippen molar-refractivity contribution in [2.24, 2.45) is 0 Å². The normalized spacial score (nSPS) is 10.6. The average molecular weight is 338 g/mol. The van der Waals surface area contributed by atoms with Gasteiger partial charge in [-0.25, -0.2) is 0 Å². The number of anilines is 1. The van der Waals surface area contributed by atoms with Crippen LogP contribution in [0.1, 0.15) is 37.8 Å². The second kappa shape index (κ2) is 9.02. The summed E-state index contributed by atoms with van der Waals surface area (Å²) >= 11 is 0. The fraction of sp³-hybridized carbons (Fsp3) is 0.333. The van der Waals surface area contributed by atoms with Crippen LogP contribution in [0.2, 0.25) is 0 Å². The molecule has 0 atom stereocenters. The third-order valence-corrected chi connectivity index (χ3v) is 4.09. The molecule has 0 aliphatic rings. The number of rotatable bonds is 7. The standard InChI is InChI=1S/C21H26N2O2/c1-16(2)19-11-7-8-12-20(19)23(17(3)24)14-13-22-21(25)15-18-9-5-4-6-10-18/h4-12,16H,13-15H2,1-3H3,(H,22,25). The Kier molecular flexibility index (Phi) is 6.75. The molecule has 1 N–H and O–H groups in total. The molecule has 0 aliphatic heterocycles. The van der Waals surface area contributed by atoms with Crippen molar-refractivity contribution in [1.82, 2.24) is 5.32 Å². The van der Waals surface area contributed by atoms with Gasteiger partial charge in [-0.05, 0) is 23.1 Å². The molecule has 0 unspecified atom stereocenters. The summed E-state index contributed by atoms with van der Waals surface area (Å²) in [6.45, 7) is 6.66. The summed E-state index contributed by atoms with van der Waals surface area (Å²) in [5, 5.41) is 2.90. The third kappa shape index (κ3) is 5.45. The maximum Gasteiger partial charge on any atom is 0.224 e. The largest absolute Gasteiger partial charge is 0.354 e. The van der Waals surface area contributed by atoms with Crippen molar-refractivity contribution in [2.75, 3.05) is 18.0 Å². The van der Waals surface area contributed by atoms with Gasteiger partial charge in [0.25, 0.3) is 0 Å². The molecule has 25 heavy (non-hydrogen) atoms. The zero-order valence-corrected chi connectivity index (χ0v) is 15.2. The molecule has 132 valence electrons. The number of carbonyl (C=O) groups excluding carboxylic acids is 2. The van der Waals surface area contributed by atoms with E-state index in [4.69, 9.17) is 0 Å². The van der Waals surface area contributed by atoms with E-state index in [0.717, 1.165) is 16.8 Å². The van der Waals surface area contributed by atoms with Gasteiger partial charge >= 0.3 is 0 Å². The quantitative estimate of drug-likeness (QED) is 0.840. The van der Waals surface area contributed by atoms with Gasteiger partial charge in [-0.1, -0.05) is 62.4 Å². The van der Waals surface area contributed by atoms with E-state index in [-0.39, 0.29) is 11.8 Å². The van der Waals surface area contributed by atoms with E-state index in [1.165, 1.54) is 0 Å². The lowest BCUT2D eigenvalue weighted by molar-refractivity contribution is -0.121. The van der Waals surface area contributed by atoms with E-state index >= 15 is 0 Å². The molecule has 0 heterocycles. The topological polar surface area (TPSA) is 49.4 Å². The summed E-state index contributed by atoms with van der Waals surface area (Å²) in [6, 6.07) is 17.6. The second-order valence-electron chi connectivity index (χ2n) is 6.40. The Morgan fingerprint density at radius 2 is 1.64 bits per heavy atom. The Morgan fingerprint density at radius 1 is 1.00 bits per heavy atom. The van der Waals surface area contributed by atoms with E-state index in [9.17, 15) is 9.59 Å². The molecule has 2 aromatic rings. The molecular formula is C21H26N2O2. The van der Waals surface area contributed by atoms with Gasteiger partial charge in [0.15, 0.2) is 0 Å². The molecule has 2 amide bonds. The summed E-state index contributed by atoms with van der Waals surface area (Å²) in [5.74, 6) is 0.267. The molecule has 2 rings (SSSR count). The zero-order valence-electron chi connectivity index (χ0n) is 15.2. The Bertz CT molecular complexity index is 711. The van der Waals surface area contributed by atoms with E-state index < -0.39 is 0 Å². The maximum atomic E-state index is 12.1. The number of carbonyl (C=O) groups is 2. The molecule has 0 saturated carbocycles. The SMILES string of the molecule is CC(=O)N(CCNC(=O)Cc1ccccc1)c1ccccc1C(C)C. The molecule has 0 saturated heterocycles. The van der Waals surface area contributed by atoms with Crippen LogP contribution in [0.3, 0.4) is 0 Å². The fourth-order valence-corrected chi connectivity index (χ4v) is 2.82. The highest BCUT2D eigenvalue weighted by Gasteiger charge is 2.16. The Balaban J connectivity index is 1.97. The van der Waals surface area contributed by atoms with Crippen LogP contribution in [0.4, 0.5) is 5.69 Å². The van der Waals surface area contributed by atoms with Crippen LogP contribution in [0.25, 0.3) is 0 Å². The van der Waals surface area contributed by atoms with Crippen LogP contribution in [0, 0.1) is 0 Å². The van der Waals surface area contributed by atoms with Crippen molar-refractivity contribution < 1.29 is 9.59 Å². The van der Waals surface area contributed by atoms with Gasteiger partial charge in [0.1, 0.15) is 0 Å². The van der Waals surface area contributed by atoms with Crippen molar-refractivity contribution in [3.05, 3.63) is 65.7 Å². The summed E-state index contributed by atoms with van der Waals surface area (Å²) < 4.78 is 0. The molecule has 0 spiro atoms. The zero-order chi connectivity index (χ0) is 18.2. The molecule has 0 aliphatic carbocycles. The van der Waals surface area contributed by atoms with E-state index in [1.54, 1.807) is 11.8 Å². The highest BCUT2D eigenvalue weighted by Crippen LogP contribution is 2.27. The van der Waals surface area contributed by atoms with Crippen LogP contribution in [-0.4, -0.2) is 24.9 Å². The lowest BCUT2D eigenvalue weighted by atomic mass is 10.0. The summed E-state index contributed by atoms with van der Waals surface area (Å²) in [6.07, 6.45) is 0.351. The highest BCUT2D eigenvalue weighted by molar-refractivity contribution is 5.92. The molecular weight excluding hydrogens is 312 g/mol. The van der Waals surface area contributed by atoms with Crippen molar-refractivity contribution >= 4 is 17.5 Å². The Labute approximate surface area is 149 Å². The number of hydrogen-bond acceptors (Lipinski definition) is 2. The lowest BCUT2D eigenvalue weighted by Crippen LogP contribution is -2.38. The van der Waals surface area contributed by atoms with Crippen LogP contribution in [-0.2, 0) is 16.0 Å². The fourth-order valence-electron chi connectivity index (χ4n) is 2.82. The number of amides is 2. The lowest BCUT2D eigenvalue weighted by Gasteiger charge is -2.25. The number of nitrogens with one attached hydrogen (secondary N) is 1. The van der Waals surface area contributed by atoms with Crippen molar-refractivity contribution in [3.8, 4) is 0 Å². The molecule has 0 radical (unpaired) electrons. The Morgan fingerprint density at radius 3 is 2.28 bits per heavy atom. The third-order valence-electron chi connectivity index (χ3n) is 4.09. The first-order valence-electron chi connectivity index (χ1n) is 8.66. The van der Waals surface area contributed by atoms with Gasteiger partial charge in [-0.3, -0.25) is 9.59 Å². The minimum Gasteiger partial charge on any atom is -0.354 e. The molecule has 4 nitrogen and oxygen atoms in total. The first-order chi connectivity index (χ1) is 12.0. The van der Waals surface area contributed by atoms with Crippen LogP contribution < -0.4 is 10.2 Å².